The summed E-state index contributed by atoms with van der Waals surface area (Å²) >= 11 is 0. The normalized spacial score (nSPS) is 23.4. The molecule has 25 heavy (non-hydrogen) atoms. The Morgan fingerprint density at radius 3 is 2.20 bits per heavy atom. The topological polar surface area (TPSA) is 29.5 Å². The van der Waals surface area contributed by atoms with Gasteiger partial charge in [0.2, 0.25) is 0 Å². The van der Waals surface area contributed by atoms with Crippen molar-refractivity contribution in [2.45, 2.75) is 83.9 Å². The average Bonchev–Trinajstić information content (AvgIpc) is 2.75. The molecule has 1 fully saturated rings. The highest BCUT2D eigenvalue weighted by Crippen LogP contribution is 2.39. The minimum atomic E-state index is -0.441. The molecule has 2 atom stereocenters. The fourth-order valence-electron chi connectivity index (χ4n) is 3.83. The summed E-state index contributed by atoms with van der Waals surface area (Å²) in [6.45, 7) is 12.5. The molecule has 1 saturated heterocycles. The van der Waals surface area contributed by atoms with Gasteiger partial charge in [0.15, 0.2) is 0 Å². The number of carbonyl (C=O) groups excluding carboxylic acids is 1. The Kier molecular flexibility index (Phi) is 4.47. The van der Waals surface area contributed by atoms with E-state index in [9.17, 15) is 4.79 Å². The molecule has 2 aliphatic heterocycles. The largest absolute Gasteiger partial charge is 0.444 e. The van der Waals surface area contributed by atoms with Gasteiger partial charge in [-0.25, -0.2) is 4.79 Å². The first-order valence-electron chi connectivity index (χ1n) is 9.37. The van der Waals surface area contributed by atoms with Crippen LogP contribution in [0.2, 0.25) is 0 Å². The molecule has 3 heteroatoms. The van der Waals surface area contributed by atoms with Gasteiger partial charge in [0, 0.05) is 6.04 Å². The third-order valence-electron chi connectivity index (χ3n) is 5.12. The Hall–Kier alpha value is -1.77. The van der Waals surface area contributed by atoms with Crippen LogP contribution in [0, 0.1) is 0 Å². The molecular formula is C22H31NO2. The van der Waals surface area contributed by atoms with Crippen molar-refractivity contribution in [1.82, 2.24) is 4.90 Å². The molecule has 0 spiro atoms. The summed E-state index contributed by atoms with van der Waals surface area (Å²) in [4.78, 5) is 14.5. The molecule has 0 aromatic heterocycles. The van der Waals surface area contributed by atoms with E-state index in [0.29, 0.717) is 0 Å². The van der Waals surface area contributed by atoms with Crippen LogP contribution in [-0.4, -0.2) is 28.7 Å². The van der Waals surface area contributed by atoms with E-state index in [0.717, 1.165) is 19.3 Å². The summed E-state index contributed by atoms with van der Waals surface area (Å²) in [6.07, 6.45) is 5.13. The standard InChI is InChI=1S/C22H31NO2/c1-21(2,3)17-9-7-15(8-10-17)16-13-18-11-12-19(14-16)23(18)20(24)25-22(4,5)6/h7-10,13,18-19H,11-12,14H2,1-6H3. The monoisotopic (exact) mass is 341 g/mol. The van der Waals surface area contributed by atoms with Crippen molar-refractivity contribution < 1.29 is 9.53 Å². The number of hydrogen-bond acceptors (Lipinski definition) is 2. The summed E-state index contributed by atoms with van der Waals surface area (Å²) in [5.74, 6) is 0. The van der Waals surface area contributed by atoms with E-state index in [-0.39, 0.29) is 23.6 Å². The minimum Gasteiger partial charge on any atom is -0.444 e. The minimum absolute atomic E-state index is 0.168. The van der Waals surface area contributed by atoms with Crippen LogP contribution in [-0.2, 0) is 10.2 Å². The number of amides is 1. The molecule has 2 aliphatic rings. The zero-order valence-electron chi connectivity index (χ0n) is 16.4. The molecule has 2 bridgehead atoms. The lowest BCUT2D eigenvalue weighted by Gasteiger charge is -2.35. The molecular weight excluding hydrogens is 310 g/mol. The lowest BCUT2D eigenvalue weighted by molar-refractivity contribution is 0.0175. The summed E-state index contributed by atoms with van der Waals surface area (Å²) in [7, 11) is 0. The van der Waals surface area contributed by atoms with Crippen molar-refractivity contribution in [3.63, 3.8) is 0 Å². The van der Waals surface area contributed by atoms with Gasteiger partial charge < -0.3 is 4.74 Å². The second-order valence-electron chi connectivity index (χ2n) is 9.41. The van der Waals surface area contributed by atoms with E-state index in [1.807, 2.05) is 25.7 Å². The number of fused-ring (bicyclic) bond motifs is 2. The fourth-order valence-corrected chi connectivity index (χ4v) is 3.83. The van der Waals surface area contributed by atoms with Crippen LogP contribution in [0.3, 0.4) is 0 Å². The van der Waals surface area contributed by atoms with Crippen LogP contribution in [0.4, 0.5) is 4.79 Å². The van der Waals surface area contributed by atoms with Crippen LogP contribution in [0.25, 0.3) is 5.57 Å². The molecule has 1 aromatic carbocycles. The van der Waals surface area contributed by atoms with E-state index in [2.05, 4.69) is 51.1 Å². The first-order valence-corrected chi connectivity index (χ1v) is 9.37. The van der Waals surface area contributed by atoms with E-state index < -0.39 is 5.60 Å². The van der Waals surface area contributed by atoms with Gasteiger partial charge in [-0.1, -0.05) is 51.1 Å². The zero-order chi connectivity index (χ0) is 18.4. The molecule has 0 N–H and O–H groups in total. The maximum atomic E-state index is 12.5. The van der Waals surface area contributed by atoms with Gasteiger partial charge in [0.25, 0.3) is 0 Å². The van der Waals surface area contributed by atoms with E-state index in [1.54, 1.807) is 0 Å². The van der Waals surface area contributed by atoms with Gasteiger partial charge in [0.1, 0.15) is 5.60 Å². The molecule has 3 nitrogen and oxygen atoms in total. The Balaban J connectivity index is 1.79. The Labute approximate surface area is 152 Å². The molecule has 1 amide bonds. The number of benzene rings is 1. The second kappa shape index (κ2) is 6.19. The first kappa shape index (κ1) is 18.0. The lowest BCUT2D eigenvalue weighted by atomic mass is 9.85. The zero-order valence-corrected chi connectivity index (χ0v) is 16.4. The average molecular weight is 341 g/mol. The Morgan fingerprint density at radius 2 is 1.68 bits per heavy atom. The van der Waals surface area contributed by atoms with Crippen molar-refractivity contribution >= 4 is 11.7 Å². The predicted molar refractivity (Wildman–Crippen MR) is 103 cm³/mol. The van der Waals surface area contributed by atoms with Crippen molar-refractivity contribution in [3.05, 3.63) is 41.5 Å². The Morgan fingerprint density at radius 1 is 1.04 bits per heavy atom. The van der Waals surface area contributed by atoms with Gasteiger partial charge in [-0.3, -0.25) is 4.90 Å². The molecule has 0 saturated carbocycles. The summed E-state index contributed by atoms with van der Waals surface area (Å²) in [5.41, 5.74) is 3.74. The van der Waals surface area contributed by atoms with Gasteiger partial charge >= 0.3 is 6.09 Å². The molecule has 136 valence electrons. The van der Waals surface area contributed by atoms with Gasteiger partial charge in [-0.15, -0.1) is 0 Å². The summed E-state index contributed by atoms with van der Waals surface area (Å²) in [5, 5.41) is 0. The number of nitrogens with zero attached hydrogens (tertiary/aromatic N) is 1. The quantitative estimate of drug-likeness (QED) is 0.671. The SMILES string of the molecule is CC(C)(C)OC(=O)N1C2C=C(c3ccc(C(C)(C)C)cc3)CC1CC2. The maximum Gasteiger partial charge on any atom is 0.411 e. The molecule has 2 heterocycles. The predicted octanol–water partition coefficient (Wildman–Crippen LogP) is 5.54. The molecule has 0 radical (unpaired) electrons. The van der Waals surface area contributed by atoms with Crippen LogP contribution in [0.5, 0.6) is 0 Å². The molecule has 1 aromatic rings. The third kappa shape index (κ3) is 3.91. The van der Waals surface area contributed by atoms with E-state index >= 15 is 0 Å². The van der Waals surface area contributed by atoms with Gasteiger partial charge in [-0.2, -0.15) is 0 Å². The molecule has 2 unspecified atom stereocenters. The van der Waals surface area contributed by atoms with E-state index in [4.69, 9.17) is 4.74 Å². The van der Waals surface area contributed by atoms with Crippen LogP contribution in [0.15, 0.2) is 30.3 Å². The van der Waals surface area contributed by atoms with Crippen LogP contribution in [0.1, 0.15) is 71.9 Å². The van der Waals surface area contributed by atoms with Crippen LogP contribution < -0.4 is 0 Å². The van der Waals surface area contributed by atoms with Crippen molar-refractivity contribution in [3.8, 4) is 0 Å². The smallest absolute Gasteiger partial charge is 0.411 e. The summed E-state index contributed by atoms with van der Waals surface area (Å²) in [6, 6.07) is 9.37. The second-order valence-corrected chi connectivity index (χ2v) is 9.41. The highest BCUT2D eigenvalue weighted by Gasteiger charge is 2.41. The number of hydrogen-bond donors (Lipinski definition) is 0. The van der Waals surface area contributed by atoms with Crippen molar-refractivity contribution in [2.75, 3.05) is 0 Å². The number of carbonyl (C=O) groups is 1. The Bertz CT molecular complexity index is 673. The van der Waals surface area contributed by atoms with Crippen LogP contribution >= 0.6 is 0 Å². The van der Waals surface area contributed by atoms with Crippen molar-refractivity contribution in [2.24, 2.45) is 0 Å². The number of rotatable bonds is 1. The van der Waals surface area contributed by atoms with Crippen molar-refractivity contribution in [1.29, 1.82) is 0 Å². The van der Waals surface area contributed by atoms with Gasteiger partial charge in [-0.05, 0) is 62.1 Å². The summed E-state index contributed by atoms with van der Waals surface area (Å²) < 4.78 is 5.61. The van der Waals surface area contributed by atoms with E-state index in [1.165, 1.54) is 16.7 Å². The molecule has 3 rings (SSSR count). The maximum absolute atomic E-state index is 12.5. The first-order chi connectivity index (χ1) is 11.5. The lowest BCUT2D eigenvalue weighted by Crippen LogP contribution is -2.45. The highest BCUT2D eigenvalue weighted by atomic mass is 16.6. The fraction of sp³-hybridized carbons (Fsp3) is 0.591. The number of ether oxygens (including phenoxy) is 1. The molecule has 0 aliphatic carbocycles. The van der Waals surface area contributed by atoms with Gasteiger partial charge in [0.05, 0.1) is 6.04 Å². The third-order valence-corrected chi connectivity index (χ3v) is 5.12. The highest BCUT2D eigenvalue weighted by molar-refractivity contribution is 5.75.